The van der Waals surface area contributed by atoms with Crippen molar-refractivity contribution in [1.29, 1.82) is 0 Å². The van der Waals surface area contributed by atoms with Crippen LogP contribution in [0.15, 0.2) is 48.5 Å². The Morgan fingerprint density at radius 3 is 2.73 bits per heavy atom. The number of rotatable bonds is 5. The molecule has 3 aromatic rings. The van der Waals surface area contributed by atoms with Crippen molar-refractivity contribution in [3.8, 4) is 0 Å². The molecule has 1 atom stereocenters. The van der Waals surface area contributed by atoms with Gasteiger partial charge in [0.2, 0.25) is 0 Å². The van der Waals surface area contributed by atoms with Crippen LogP contribution in [0, 0.1) is 6.92 Å². The zero-order chi connectivity index (χ0) is 18.7. The van der Waals surface area contributed by atoms with Gasteiger partial charge in [-0.2, -0.15) is 0 Å². The molecule has 0 aliphatic carbocycles. The molecule has 1 heterocycles. The predicted molar refractivity (Wildman–Crippen MR) is 105 cm³/mol. The molecule has 0 saturated carbocycles. The first-order chi connectivity index (χ1) is 12.5. The number of hydrogen-bond acceptors (Lipinski definition) is 4. The van der Waals surface area contributed by atoms with Crippen molar-refractivity contribution >= 4 is 39.3 Å². The van der Waals surface area contributed by atoms with Crippen LogP contribution in [0.1, 0.15) is 27.2 Å². The fraction of sp³-hybridized carbons (Fsp3) is 0.200. The zero-order valence-corrected chi connectivity index (χ0v) is 16.1. The second kappa shape index (κ2) is 7.98. The van der Waals surface area contributed by atoms with Gasteiger partial charge in [-0.05, 0) is 36.2 Å². The smallest absolute Gasteiger partial charge is 0.338 e. The van der Waals surface area contributed by atoms with Crippen LogP contribution in [0.4, 0.5) is 0 Å². The minimum absolute atomic E-state index is 0.00667. The molecule has 0 aliphatic rings. The van der Waals surface area contributed by atoms with Crippen molar-refractivity contribution in [2.45, 2.75) is 19.3 Å². The minimum Gasteiger partial charge on any atom is -0.456 e. The maximum atomic E-state index is 12.3. The highest BCUT2D eigenvalue weighted by Gasteiger charge is 2.14. The number of aryl methyl sites for hydroxylation is 1. The fourth-order valence-electron chi connectivity index (χ4n) is 2.75. The van der Waals surface area contributed by atoms with E-state index >= 15 is 0 Å². The van der Waals surface area contributed by atoms with Gasteiger partial charge in [0, 0.05) is 28.2 Å². The number of benzene rings is 2. The highest BCUT2D eigenvalue weighted by molar-refractivity contribution is 7.83. The Kier molecular flexibility index (Phi) is 5.69. The van der Waals surface area contributed by atoms with Gasteiger partial charge in [0.25, 0.3) is 0 Å². The summed E-state index contributed by atoms with van der Waals surface area (Å²) in [6, 6.07) is 14.7. The van der Waals surface area contributed by atoms with Crippen molar-refractivity contribution in [2.75, 3.05) is 6.26 Å². The average Bonchev–Trinajstić information content (AvgIpc) is 2.63. The molecule has 0 amide bonds. The molecule has 0 bridgehead atoms. The quantitative estimate of drug-likeness (QED) is 0.607. The number of ether oxygens (including phenoxy) is 1. The summed E-state index contributed by atoms with van der Waals surface area (Å²) in [7, 11) is -0.970. The Hall–Kier alpha value is -2.24. The third kappa shape index (κ3) is 4.11. The molecule has 1 aromatic heterocycles. The van der Waals surface area contributed by atoms with E-state index in [4.69, 9.17) is 16.3 Å². The van der Waals surface area contributed by atoms with Crippen LogP contribution in [0.25, 0.3) is 10.9 Å². The Morgan fingerprint density at radius 1 is 1.19 bits per heavy atom. The Balaban J connectivity index is 1.79. The minimum atomic E-state index is -0.970. The lowest BCUT2D eigenvalue weighted by Gasteiger charge is -2.11. The van der Waals surface area contributed by atoms with Gasteiger partial charge >= 0.3 is 5.97 Å². The molecule has 0 fully saturated rings. The van der Waals surface area contributed by atoms with E-state index in [1.54, 1.807) is 24.5 Å². The number of pyridine rings is 1. The monoisotopic (exact) mass is 387 g/mol. The number of halogens is 1. The first-order valence-corrected chi connectivity index (χ1v) is 10.2. The number of carbonyl (C=O) groups is 1. The molecule has 4 nitrogen and oxygen atoms in total. The van der Waals surface area contributed by atoms with Crippen molar-refractivity contribution in [3.05, 3.63) is 75.9 Å². The lowest BCUT2D eigenvalue weighted by molar-refractivity contribution is 0.0468. The molecule has 0 spiro atoms. The summed E-state index contributed by atoms with van der Waals surface area (Å²) in [4.78, 5) is 16.9. The van der Waals surface area contributed by atoms with E-state index < -0.39 is 16.8 Å². The standard InChI is InChI=1S/C20H18ClNO3S/c1-13-16-8-3-4-9-17(16)22-18(19(13)21)11-25-20(23)15-7-5-6-14(10-15)12-26(2)24/h3-10H,11-12H2,1-2H3. The maximum Gasteiger partial charge on any atom is 0.338 e. The van der Waals surface area contributed by atoms with Crippen molar-refractivity contribution in [3.63, 3.8) is 0 Å². The van der Waals surface area contributed by atoms with E-state index in [0.717, 1.165) is 22.0 Å². The van der Waals surface area contributed by atoms with Crippen LogP contribution in [-0.2, 0) is 27.9 Å². The number of fused-ring (bicyclic) bond motifs is 1. The SMILES string of the molecule is Cc1c(Cl)c(COC(=O)c2cccc(CS(C)=O)c2)nc2ccccc12. The number of para-hydroxylation sites is 1. The van der Waals surface area contributed by atoms with E-state index in [-0.39, 0.29) is 6.61 Å². The largest absolute Gasteiger partial charge is 0.456 e. The third-order valence-corrected chi connectivity index (χ3v) is 5.26. The van der Waals surface area contributed by atoms with Crippen molar-refractivity contribution in [1.82, 2.24) is 4.98 Å². The molecule has 0 saturated heterocycles. The van der Waals surface area contributed by atoms with Gasteiger partial charge in [-0.3, -0.25) is 4.21 Å². The summed E-state index contributed by atoms with van der Waals surface area (Å²) in [5.41, 5.74) is 3.50. The molecule has 1 unspecified atom stereocenters. The molecule has 0 radical (unpaired) electrons. The van der Waals surface area contributed by atoms with Crippen LogP contribution in [0.2, 0.25) is 5.02 Å². The van der Waals surface area contributed by atoms with Gasteiger partial charge in [-0.25, -0.2) is 9.78 Å². The Morgan fingerprint density at radius 2 is 1.96 bits per heavy atom. The second-order valence-electron chi connectivity index (χ2n) is 6.01. The summed E-state index contributed by atoms with van der Waals surface area (Å²) in [6.07, 6.45) is 1.63. The van der Waals surface area contributed by atoms with Crippen LogP contribution >= 0.6 is 11.6 Å². The highest BCUT2D eigenvalue weighted by Crippen LogP contribution is 2.27. The number of carbonyl (C=O) groups excluding carboxylic acids is 1. The predicted octanol–water partition coefficient (Wildman–Crippen LogP) is 4.43. The van der Waals surface area contributed by atoms with Gasteiger partial charge in [0.1, 0.15) is 6.61 Å². The average molecular weight is 388 g/mol. The molecular weight excluding hydrogens is 370 g/mol. The summed E-state index contributed by atoms with van der Waals surface area (Å²) in [5.74, 6) is -0.0596. The van der Waals surface area contributed by atoms with E-state index in [9.17, 15) is 9.00 Å². The van der Waals surface area contributed by atoms with Gasteiger partial charge < -0.3 is 4.74 Å². The number of aromatic nitrogens is 1. The molecule has 26 heavy (non-hydrogen) atoms. The molecule has 2 aromatic carbocycles. The van der Waals surface area contributed by atoms with E-state index in [1.165, 1.54) is 0 Å². The van der Waals surface area contributed by atoms with Gasteiger partial charge in [0.05, 0.1) is 21.8 Å². The lowest BCUT2D eigenvalue weighted by atomic mass is 10.1. The first kappa shape index (κ1) is 18.5. The number of hydrogen-bond donors (Lipinski definition) is 0. The Bertz CT molecular complexity index is 1000. The molecule has 6 heteroatoms. The van der Waals surface area contributed by atoms with Gasteiger partial charge in [0.15, 0.2) is 0 Å². The summed E-state index contributed by atoms with van der Waals surface area (Å²) in [5, 5.41) is 1.49. The van der Waals surface area contributed by atoms with Crippen molar-refractivity contribution in [2.24, 2.45) is 0 Å². The summed E-state index contributed by atoms with van der Waals surface area (Å²) >= 11 is 6.40. The molecule has 0 aliphatic heterocycles. The fourth-order valence-corrected chi connectivity index (χ4v) is 3.60. The van der Waals surface area contributed by atoms with Gasteiger partial charge in [-0.15, -0.1) is 0 Å². The Labute approximate surface area is 159 Å². The van der Waals surface area contributed by atoms with E-state index in [2.05, 4.69) is 4.98 Å². The van der Waals surface area contributed by atoms with Crippen LogP contribution < -0.4 is 0 Å². The van der Waals surface area contributed by atoms with Crippen LogP contribution in [0.3, 0.4) is 0 Å². The van der Waals surface area contributed by atoms with E-state index in [1.807, 2.05) is 37.3 Å². The second-order valence-corrected chi connectivity index (χ2v) is 7.82. The van der Waals surface area contributed by atoms with E-state index in [0.29, 0.717) is 22.0 Å². The van der Waals surface area contributed by atoms with Crippen LogP contribution in [-0.4, -0.2) is 21.4 Å². The van der Waals surface area contributed by atoms with Crippen LogP contribution in [0.5, 0.6) is 0 Å². The molecule has 134 valence electrons. The third-order valence-electron chi connectivity index (χ3n) is 4.02. The normalized spacial score (nSPS) is 12.1. The van der Waals surface area contributed by atoms with Crippen molar-refractivity contribution < 1.29 is 13.7 Å². The summed E-state index contributed by atoms with van der Waals surface area (Å²) < 4.78 is 16.8. The van der Waals surface area contributed by atoms with Gasteiger partial charge in [-0.1, -0.05) is 41.9 Å². The number of esters is 1. The summed E-state index contributed by atoms with van der Waals surface area (Å²) in [6.45, 7) is 1.92. The molecule has 3 rings (SSSR count). The first-order valence-electron chi connectivity index (χ1n) is 8.05. The zero-order valence-electron chi connectivity index (χ0n) is 14.5. The number of nitrogens with zero attached hydrogens (tertiary/aromatic N) is 1. The lowest BCUT2D eigenvalue weighted by Crippen LogP contribution is -2.08. The maximum absolute atomic E-state index is 12.3. The topological polar surface area (TPSA) is 56.3 Å². The molecule has 0 N–H and O–H groups in total. The molecular formula is C20H18ClNO3S. The highest BCUT2D eigenvalue weighted by atomic mass is 35.5.